The SMILES string of the molecule is CCN1CCN(C(=O)[C@H](C)Sc2nc3ccccc3nc2C)CC1. The quantitative estimate of drug-likeness (QED) is 0.798. The van der Waals surface area contributed by atoms with Crippen LogP contribution in [0.3, 0.4) is 0 Å². The van der Waals surface area contributed by atoms with Crippen molar-refractivity contribution in [1.82, 2.24) is 19.8 Å². The van der Waals surface area contributed by atoms with Crippen LogP contribution in [-0.2, 0) is 4.79 Å². The molecule has 0 N–H and O–H groups in total. The van der Waals surface area contributed by atoms with Crippen LogP contribution in [0.25, 0.3) is 11.0 Å². The summed E-state index contributed by atoms with van der Waals surface area (Å²) in [6.45, 7) is 10.7. The lowest BCUT2D eigenvalue weighted by atomic mass is 10.3. The molecule has 0 bridgehead atoms. The number of likely N-dealkylation sites (N-methyl/N-ethyl adjacent to an activating group) is 1. The van der Waals surface area contributed by atoms with E-state index in [1.54, 1.807) is 0 Å². The van der Waals surface area contributed by atoms with Crippen LogP contribution in [0.15, 0.2) is 29.3 Å². The van der Waals surface area contributed by atoms with Gasteiger partial charge in [0, 0.05) is 26.2 Å². The van der Waals surface area contributed by atoms with Crippen LogP contribution in [0, 0.1) is 6.92 Å². The van der Waals surface area contributed by atoms with Crippen molar-refractivity contribution in [3.05, 3.63) is 30.0 Å². The standard InChI is InChI=1S/C18H24N4OS/c1-4-21-9-11-22(12-10-21)18(23)14(3)24-17-13(2)19-15-7-5-6-8-16(15)20-17/h5-8,14H,4,9-12H2,1-3H3/t14-/m0/s1. The zero-order valence-corrected chi connectivity index (χ0v) is 15.3. The summed E-state index contributed by atoms with van der Waals surface area (Å²) < 4.78 is 0. The van der Waals surface area contributed by atoms with Crippen molar-refractivity contribution in [3.8, 4) is 0 Å². The lowest BCUT2D eigenvalue weighted by molar-refractivity contribution is -0.132. The maximum Gasteiger partial charge on any atom is 0.235 e. The monoisotopic (exact) mass is 344 g/mol. The van der Waals surface area contributed by atoms with E-state index < -0.39 is 0 Å². The van der Waals surface area contributed by atoms with Gasteiger partial charge < -0.3 is 9.80 Å². The first kappa shape index (κ1) is 17.2. The van der Waals surface area contributed by atoms with Gasteiger partial charge in [0.25, 0.3) is 0 Å². The fourth-order valence-electron chi connectivity index (χ4n) is 2.94. The zero-order valence-electron chi connectivity index (χ0n) is 14.5. The number of hydrogen-bond acceptors (Lipinski definition) is 5. The number of para-hydroxylation sites is 2. The van der Waals surface area contributed by atoms with Crippen LogP contribution in [0.2, 0.25) is 0 Å². The minimum Gasteiger partial charge on any atom is -0.339 e. The Morgan fingerprint density at radius 1 is 1.17 bits per heavy atom. The van der Waals surface area contributed by atoms with Gasteiger partial charge in [0.15, 0.2) is 0 Å². The molecule has 6 heteroatoms. The predicted molar refractivity (Wildman–Crippen MR) is 98.3 cm³/mol. The van der Waals surface area contributed by atoms with Gasteiger partial charge in [-0.15, -0.1) is 0 Å². The summed E-state index contributed by atoms with van der Waals surface area (Å²) in [5.74, 6) is 0.199. The number of amides is 1. The molecule has 2 aromatic rings. The molecule has 1 amide bonds. The number of rotatable bonds is 4. The fourth-order valence-corrected chi connectivity index (χ4v) is 3.90. The van der Waals surface area contributed by atoms with Crippen LogP contribution >= 0.6 is 11.8 Å². The molecule has 0 saturated carbocycles. The zero-order chi connectivity index (χ0) is 17.1. The number of aryl methyl sites for hydroxylation is 1. The highest BCUT2D eigenvalue weighted by Crippen LogP contribution is 2.27. The van der Waals surface area contributed by atoms with Crippen molar-refractivity contribution in [3.63, 3.8) is 0 Å². The Balaban J connectivity index is 1.69. The largest absolute Gasteiger partial charge is 0.339 e. The van der Waals surface area contributed by atoms with Crippen LogP contribution in [-0.4, -0.2) is 63.6 Å². The van der Waals surface area contributed by atoms with E-state index in [-0.39, 0.29) is 11.2 Å². The number of carbonyl (C=O) groups is 1. The lowest BCUT2D eigenvalue weighted by Crippen LogP contribution is -2.50. The summed E-state index contributed by atoms with van der Waals surface area (Å²) in [6.07, 6.45) is 0. The van der Waals surface area contributed by atoms with E-state index in [0.29, 0.717) is 0 Å². The summed E-state index contributed by atoms with van der Waals surface area (Å²) >= 11 is 1.51. The number of benzene rings is 1. The normalized spacial score (nSPS) is 17.2. The van der Waals surface area contributed by atoms with E-state index in [1.807, 2.05) is 43.0 Å². The number of piperazine rings is 1. The van der Waals surface area contributed by atoms with Crippen molar-refractivity contribution in [1.29, 1.82) is 0 Å². The highest BCUT2D eigenvalue weighted by Gasteiger charge is 2.25. The predicted octanol–water partition coefficient (Wildman–Crippen LogP) is 2.58. The highest BCUT2D eigenvalue weighted by atomic mass is 32.2. The second kappa shape index (κ2) is 7.49. The van der Waals surface area contributed by atoms with Gasteiger partial charge in [-0.25, -0.2) is 9.97 Å². The molecular weight excluding hydrogens is 320 g/mol. The van der Waals surface area contributed by atoms with Crippen molar-refractivity contribution in [2.75, 3.05) is 32.7 Å². The molecule has 5 nitrogen and oxygen atoms in total. The average molecular weight is 344 g/mol. The minimum atomic E-state index is -0.146. The van der Waals surface area contributed by atoms with Crippen molar-refractivity contribution >= 4 is 28.7 Å². The van der Waals surface area contributed by atoms with Gasteiger partial charge in [0.2, 0.25) is 5.91 Å². The summed E-state index contributed by atoms with van der Waals surface area (Å²) in [6, 6.07) is 7.85. The van der Waals surface area contributed by atoms with E-state index in [4.69, 9.17) is 0 Å². The molecule has 0 radical (unpaired) electrons. The molecule has 128 valence electrons. The summed E-state index contributed by atoms with van der Waals surface area (Å²) in [5, 5.41) is 0.703. The van der Waals surface area contributed by atoms with E-state index in [1.165, 1.54) is 11.8 Å². The van der Waals surface area contributed by atoms with Gasteiger partial charge in [-0.3, -0.25) is 4.79 Å². The molecule has 3 rings (SSSR count). The third kappa shape index (κ3) is 3.70. The molecule has 2 heterocycles. The van der Waals surface area contributed by atoms with Gasteiger partial charge in [-0.2, -0.15) is 0 Å². The van der Waals surface area contributed by atoms with Crippen LogP contribution < -0.4 is 0 Å². The molecule has 1 aliphatic heterocycles. The van der Waals surface area contributed by atoms with E-state index >= 15 is 0 Å². The fraction of sp³-hybridized carbons (Fsp3) is 0.500. The van der Waals surface area contributed by atoms with Crippen molar-refractivity contribution in [2.24, 2.45) is 0 Å². The molecule has 1 fully saturated rings. The molecule has 0 spiro atoms. The Morgan fingerprint density at radius 2 is 1.79 bits per heavy atom. The number of thioether (sulfide) groups is 1. The second-order valence-corrected chi connectivity index (χ2v) is 7.45. The molecule has 24 heavy (non-hydrogen) atoms. The molecule has 1 atom stereocenters. The van der Waals surface area contributed by atoms with E-state index in [9.17, 15) is 4.79 Å². The molecule has 1 aliphatic rings. The Labute approximate surface area is 147 Å². The number of hydrogen-bond donors (Lipinski definition) is 0. The van der Waals surface area contributed by atoms with E-state index in [0.717, 1.165) is 54.5 Å². The Bertz CT molecular complexity index is 728. The van der Waals surface area contributed by atoms with Gasteiger partial charge in [-0.05, 0) is 32.5 Å². The van der Waals surface area contributed by atoms with Gasteiger partial charge in [0.05, 0.1) is 22.0 Å². The van der Waals surface area contributed by atoms with Crippen LogP contribution in [0.4, 0.5) is 0 Å². The molecule has 1 aromatic heterocycles. The smallest absolute Gasteiger partial charge is 0.235 e. The maximum atomic E-state index is 12.7. The molecule has 1 aromatic carbocycles. The highest BCUT2D eigenvalue weighted by molar-refractivity contribution is 8.00. The summed E-state index contributed by atoms with van der Waals surface area (Å²) in [5.41, 5.74) is 2.66. The first-order valence-electron chi connectivity index (χ1n) is 8.49. The van der Waals surface area contributed by atoms with Gasteiger partial charge in [0.1, 0.15) is 5.03 Å². The number of fused-ring (bicyclic) bond motifs is 1. The second-order valence-electron chi connectivity index (χ2n) is 6.12. The lowest BCUT2D eigenvalue weighted by Gasteiger charge is -2.35. The maximum absolute atomic E-state index is 12.7. The minimum absolute atomic E-state index is 0.146. The summed E-state index contributed by atoms with van der Waals surface area (Å²) in [4.78, 5) is 26.4. The number of nitrogens with zero attached hydrogens (tertiary/aromatic N) is 4. The van der Waals surface area contributed by atoms with Crippen LogP contribution in [0.1, 0.15) is 19.5 Å². The van der Waals surface area contributed by atoms with Crippen molar-refractivity contribution < 1.29 is 4.79 Å². The first-order chi connectivity index (χ1) is 11.6. The number of carbonyl (C=O) groups excluding carboxylic acids is 1. The molecule has 0 aliphatic carbocycles. The van der Waals surface area contributed by atoms with Crippen molar-refractivity contribution in [2.45, 2.75) is 31.0 Å². The Hall–Kier alpha value is -1.66. The Kier molecular flexibility index (Phi) is 5.36. The topological polar surface area (TPSA) is 49.3 Å². The average Bonchev–Trinajstić information content (AvgIpc) is 2.61. The number of aromatic nitrogens is 2. The molecular formula is C18H24N4OS. The Morgan fingerprint density at radius 3 is 2.42 bits per heavy atom. The van der Waals surface area contributed by atoms with Crippen LogP contribution in [0.5, 0.6) is 0 Å². The first-order valence-corrected chi connectivity index (χ1v) is 9.37. The molecule has 1 saturated heterocycles. The van der Waals surface area contributed by atoms with Gasteiger partial charge in [-0.1, -0.05) is 30.8 Å². The third-order valence-electron chi connectivity index (χ3n) is 4.47. The third-order valence-corrected chi connectivity index (χ3v) is 5.63. The van der Waals surface area contributed by atoms with Gasteiger partial charge >= 0.3 is 0 Å². The molecule has 0 unspecified atom stereocenters. The van der Waals surface area contributed by atoms with E-state index in [2.05, 4.69) is 21.8 Å². The summed E-state index contributed by atoms with van der Waals surface area (Å²) in [7, 11) is 0.